The zero-order chi connectivity index (χ0) is 15.0. The fourth-order valence-corrected chi connectivity index (χ4v) is 1.59. The van der Waals surface area contributed by atoms with Crippen molar-refractivity contribution in [3.05, 3.63) is 12.2 Å². The first-order valence-corrected chi connectivity index (χ1v) is 5.80. The van der Waals surface area contributed by atoms with Crippen molar-refractivity contribution in [2.24, 2.45) is 5.92 Å². The van der Waals surface area contributed by atoms with Crippen molar-refractivity contribution >= 4 is 17.7 Å². The highest BCUT2D eigenvalue weighted by atomic mass is 16.6. The van der Waals surface area contributed by atoms with Gasteiger partial charge in [-0.25, -0.2) is 4.79 Å². The van der Waals surface area contributed by atoms with Crippen molar-refractivity contribution in [2.45, 2.75) is 33.0 Å². The summed E-state index contributed by atoms with van der Waals surface area (Å²) in [6, 6.07) is 0. The average Bonchev–Trinajstić information content (AvgIpc) is 2.33. The zero-order valence-electron chi connectivity index (χ0n) is 11.8. The maximum atomic E-state index is 11.4. The fraction of sp³-hybridized carbons (Fsp3) is 0.615. The van der Waals surface area contributed by atoms with E-state index in [1.165, 1.54) is 34.1 Å². The summed E-state index contributed by atoms with van der Waals surface area (Å²) in [5, 5.41) is 0. The molecule has 0 rings (SSSR count). The Hall–Kier alpha value is -1.69. The number of carbonyl (C=O) groups is 3. The molecule has 0 aliphatic rings. The van der Waals surface area contributed by atoms with Crippen LogP contribution in [-0.4, -0.2) is 44.1 Å². The molecule has 0 aliphatic carbocycles. The van der Waals surface area contributed by atoms with Crippen molar-refractivity contribution in [1.82, 2.24) is 0 Å². The Morgan fingerprint density at radius 3 is 2.00 bits per heavy atom. The van der Waals surface area contributed by atoms with Crippen molar-refractivity contribution in [2.75, 3.05) is 14.2 Å². The minimum absolute atomic E-state index is 0.123. The zero-order valence-corrected chi connectivity index (χ0v) is 11.8. The SMILES string of the molecule is COC(=O)[C@H](/C=C/[C@H](C)[C@@H](OC)C(C)=O)OC(C)=O. The first kappa shape index (κ1) is 17.3. The lowest BCUT2D eigenvalue weighted by Crippen LogP contribution is -2.29. The van der Waals surface area contributed by atoms with Crippen molar-refractivity contribution in [3.8, 4) is 0 Å². The van der Waals surface area contributed by atoms with E-state index < -0.39 is 24.1 Å². The van der Waals surface area contributed by atoms with Gasteiger partial charge in [0.15, 0.2) is 5.78 Å². The van der Waals surface area contributed by atoms with Gasteiger partial charge in [0.05, 0.1) is 7.11 Å². The molecule has 0 spiro atoms. The van der Waals surface area contributed by atoms with Gasteiger partial charge in [0, 0.05) is 20.0 Å². The molecule has 19 heavy (non-hydrogen) atoms. The van der Waals surface area contributed by atoms with Crippen molar-refractivity contribution in [1.29, 1.82) is 0 Å². The summed E-state index contributed by atoms with van der Waals surface area (Å²) in [7, 11) is 2.63. The van der Waals surface area contributed by atoms with Crippen LogP contribution in [-0.2, 0) is 28.6 Å². The van der Waals surface area contributed by atoms with Gasteiger partial charge >= 0.3 is 11.9 Å². The highest BCUT2D eigenvalue weighted by Gasteiger charge is 2.22. The number of hydrogen-bond acceptors (Lipinski definition) is 6. The normalized spacial score (nSPS) is 15.6. The highest BCUT2D eigenvalue weighted by molar-refractivity contribution is 5.81. The molecule has 0 bridgehead atoms. The molecule has 0 saturated carbocycles. The first-order valence-electron chi connectivity index (χ1n) is 5.80. The molecule has 6 nitrogen and oxygen atoms in total. The number of rotatable bonds is 7. The van der Waals surface area contributed by atoms with Crippen molar-refractivity contribution in [3.63, 3.8) is 0 Å². The number of hydrogen-bond donors (Lipinski definition) is 0. The molecule has 0 aliphatic heterocycles. The molecule has 0 aromatic carbocycles. The Morgan fingerprint density at radius 1 is 1.05 bits per heavy atom. The van der Waals surface area contributed by atoms with E-state index in [4.69, 9.17) is 9.47 Å². The summed E-state index contributed by atoms with van der Waals surface area (Å²) in [4.78, 5) is 33.6. The van der Waals surface area contributed by atoms with E-state index in [1.807, 2.05) is 0 Å². The maximum Gasteiger partial charge on any atom is 0.351 e. The number of ketones is 1. The quantitative estimate of drug-likeness (QED) is 0.506. The molecule has 0 radical (unpaired) electrons. The monoisotopic (exact) mass is 272 g/mol. The Kier molecular flexibility index (Phi) is 7.67. The van der Waals surface area contributed by atoms with Gasteiger partial charge < -0.3 is 14.2 Å². The Morgan fingerprint density at radius 2 is 1.63 bits per heavy atom. The van der Waals surface area contributed by atoms with Crippen LogP contribution in [0.3, 0.4) is 0 Å². The summed E-state index contributed by atoms with van der Waals surface area (Å²) in [5.41, 5.74) is 0. The molecular formula is C13H20O6. The predicted molar refractivity (Wildman–Crippen MR) is 67.4 cm³/mol. The number of esters is 2. The van der Waals surface area contributed by atoms with Crippen LogP contribution >= 0.6 is 0 Å². The van der Waals surface area contributed by atoms with Crippen LogP contribution in [0.15, 0.2) is 12.2 Å². The van der Waals surface area contributed by atoms with E-state index in [0.29, 0.717) is 0 Å². The summed E-state index contributed by atoms with van der Waals surface area (Å²) in [6.07, 6.45) is 1.24. The van der Waals surface area contributed by atoms with Crippen molar-refractivity contribution < 1.29 is 28.6 Å². The molecule has 0 heterocycles. The standard InChI is InChI=1S/C13H20O6/c1-8(12(17-4)9(2)14)6-7-11(13(16)18-5)19-10(3)15/h6-8,11-12H,1-5H3/b7-6+/t8-,11-,12+/m0/s1. The molecule has 0 N–H and O–H groups in total. The van der Waals surface area contributed by atoms with Gasteiger partial charge in [-0.05, 0) is 13.0 Å². The smallest absolute Gasteiger partial charge is 0.351 e. The van der Waals surface area contributed by atoms with Gasteiger partial charge in [-0.2, -0.15) is 0 Å². The Bertz CT molecular complexity index is 360. The lowest BCUT2D eigenvalue weighted by Gasteiger charge is -2.17. The van der Waals surface area contributed by atoms with Crippen LogP contribution in [0.1, 0.15) is 20.8 Å². The van der Waals surface area contributed by atoms with E-state index in [9.17, 15) is 14.4 Å². The van der Waals surface area contributed by atoms with E-state index in [-0.39, 0.29) is 11.7 Å². The lowest BCUT2D eigenvalue weighted by atomic mass is 10.0. The van der Waals surface area contributed by atoms with Gasteiger partial charge in [-0.3, -0.25) is 9.59 Å². The third-order valence-electron chi connectivity index (χ3n) is 2.45. The van der Waals surface area contributed by atoms with E-state index >= 15 is 0 Å². The second kappa shape index (κ2) is 8.42. The third-order valence-corrected chi connectivity index (χ3v) is 2.45. The molecule has 0 unspecified atom stereocenters. The van der Waals surface area contributed by atoms with Crippen LogP contribution in [0, 0.1) is 5.92 Å². The van der Waals surface area contributed by atoms with Crippen LogP contribution in [0.5, 0.6) is 0 Å². The molecule has 0 saturated heterocycles. The Labute approximate surface area is 112 Å². The van der Waals surface area contributed by atoms with Gasteiger partial charge in [-0.1, -0.05) is 13.0 Å². The molecule has 0 amide bonds. The summed E-state index contributed by atoms with van der Waals surface area (Å²) in [5.74, 6) is -1.66. The van der Waals surface area contributed by atoms with E-state index in [1.54, 1.807) is 13.0 Å². The largest absolute Gasteiger partial charge is 0.466 e. The summed E-state index contributed by atoms with van der Waals surface area (Å²) < 4.78 is 14.4. The minimum Gasteiger partial charge on any atom is -0.466 e. The molecule has 3 atom stereocenters. The predicted octanol–water partition coefficient (Wildman–Crippen LogP) is 0.887. The number of ether oxygens (including phenoxy) is 3. The van der Waals surface area contributed by atoms with Gasteiger partial charge in [0.2, 0.25) is 6.10 Å². The molecule has 108 valence electrons. The molecular weight excluding hydrogens is 252 g/mol. The topological polar surface area (TPSA) is 78.9 Å². The second-order valence-electron chi connectivity index (χ2n) is 4.06. The third kappa shape index (κ3) is 6.15. The van der Waals surface area contributed by atoms with Crippen LogP contribution in [0.25, 0.3) is 0 Å². The Balaban J connectivity index is 4.81. The van der Waals surface area contributed by atoms with Crippen LogP contribution in [0.4, 0.5) is 0 Å². The maximum absolute atomic E-state index is 11.4. The van der Waals surface area contributed by atoms with Gasteiger partial charge in [0.25, 0.3) is 0 Å². The van der Waals surface area contributed by atoms with Crippen LogP contribution in [0.2, 0.25) is 0 Å². The number of carbonyl (C=O) groups excluding carboxylic acids is 3. The lowest BCUT2D eigenvalue weighted by molar-refractivity contribution is -0.161. The molecule has 0 fully saturated rings. The van der Waals surface area contributed by atoms with E-state index in [2.05, 4.69) is 4.74 Å². The highest BCUT2D eigenvalue weighted by Crippen LogP contribution is 2.11. The molecule has 0 aromatic heterocycles. The summed E-state index contributed by atoms with van der Waals surface area (Å²) in [6.45, 7) is 4.37. The molecule has 6 heteroatoms. The van der Waals surface area contributed by atoms with E-state index in [0.717, 1.165) is 0 Å². The van der Waals surface area contributed by atoms with Crippen LogP contribution < -0.4 is 0 Å². The van der Waals surface area contributed by atoms with Gasteiger partial charge in [-0.15, -0.1) is 0 Å². The number of methoxy groups -OCH3 is 2. The second-order valence-corrected chi connectivity index (χ2v) is 4.06. The fourth-order valence-electron chi connectivity index (χ4n) is 1.59. The van der Waals surface area contributed by atoms with Gasteiger partial charge in [0.1, 0.15) is 6.10 Å². The average molecular weight is 272 g/mol. The molecule has 0 aromatic rings. The minimum atomic E-state index is -1.12. The first-order chi connectivity index (χ1) is 8.83. The summed E-state index contributed by atoms with van der Waals surface area (Å²) >= 11 is 0. The number of Topliss-reactive ketones (excluding diaryl/α,β-unsaturated/α-hetero) is 1.